The van der Waals surface area contributed by atoms with Gasteiger partial charge >= 0.3 is 0 Å². The molecule has 1 heterocycles. The minimum Gasteiger partial charge on any atom is -0.355 e. The molecule has 14 heavy (non-hydrogen) atoms. The van der Waals surface area contributed by atoms with Crippen molar-refractivity contribution in [2.75, 3.05) is 24.5 Å². The predicted molar refractivity (Wildman–Crippen MR) is 63.9 cm³/mol. The van der Waals surface area contributed by atoms with Crippen molar-refractivity contribution >= 4 is 33.3 Å². The van der Waals surface area contributed by atoms with Crippen LogP contribution in [0.2, 0.25) is 5.02 Å². The summed E-state index contributed by atoms with van der Waals surface area (Å²) in [5, 5.41) is 0.629. The van der Waals surface area contributed by atoms with Gasteiger partial charge in [0.1, 0.15) is 5.82 Å². The molecular formula is C9H13BrClN3. The fraction of sp³-hybridized carbons (Fsp3) is 0.444. The minimum absolute atomic E-state index is 0.616. The summed E-state index contributed by atoms with van der Waals surface area (Å²) in [6, 6.07) is 1.84. The first kappa shape index (κ1) is 11.8. The van der Waals surface area contributed by atoms with Gasteiger partial charge in [-0.15, -0.1) is 0 Å². The van der Waals surface area contributed by atoms with Crippen molar-refractivity contribution in [3.05, 3.63) is 21.8 Å². The molecule has 1 aromatic heterocycles. The lowest BCUT2D eigenvalue weighted by Gasteiger charge is -2.22. The average Bonchev–Trinajstić information content (AvgIpc) is 2.15. The van der Waals surface area contributed by atoms with Crippen LogP contribution in [0.3, 0.4) is 0 Å². The number of aromatic nitrogens is 1. The predicted octanol–water partition coefficient (Wildman–Crippen LogP) is 2.28. The zero-order valence-electron chi connectivity index (χ0n) is 8.00. The molecule has 0 bridgehead atoms. The molecule has 0 radical (unpaired) electrons. The van der Waals surface area contributed by atoms with Crippen LogP contribution in [0.4, 0.5) is 5.82 Å². The average molecular weight is 279 g/mol. The first-order valence-corrected chi connectivity index (χ1v) is 5.62. The maximum Gasteiger partial charge on any atom is 0.143 e. The Morgan fingerprint density at radius 1 is 1.64 bits per heavy atom. The Bertz CT molecular complexity index is 306. The summed E-state index contributed by atoms with van der Waals surface area (Å²) < 4.78 is 0.903. The number of nitrogens with two attached hydrogens (primary N) is 1. The summed E-state index contributed by atoms with van der Waals surface area (Å²) in [6.45, 7) is 4.36. The summed E-state index contributed by atoms with van der Waals surface area (Å²) >= 11 is 9.24. The molecule has 0 aliphatic carbocycles. The second kappa shape index (κ2) is 5.53. The van der Waals surface area contributed by atoms with Gasteiger partial charge in [0.15, 0.2) is 0 Å². The summed E-state index contributed by atoms with van der Waals surface area (Å²) in [6.07, 6.45) is 1.64. The Morgan fingerprint density at radius 3 is 2.86 bits per heavy atom. The third-order valence-corrected chi connectivity index (χ3v) is 2.66. The fourth-order valence-electron chi connectivity index (χ4n) is 1.21. The molecule has 0 atom stereocenters. The first-order chi connectivity index (χ1) is 6.69. The molecule has 0 aliphatic heterocycles. The maximum atomic E-state index is 5.81. The topological polar surface area (TPSA) is 42.1 Å². The van der Waals surface area contributed by atoms with Gasteiger partial charge in [0.05, 0.1) is 9.50 Å². The quantitative estimate of drug-likeness (QED) is 0.919. The number of pyridine rings is 1. The number of halogens is 2. The summed E-state index contributed by atoms with van der Waals surface area (Å²) in [4.78, 5) is 6.36. The SMILES string of the molecule is CCN(CCN)c1ncc(Cl)cc1Br. The molecule has 0 saturated carbocycles. The van der Waals surface area contributed by atoms with Gasteiger partial charge < -0.3 is 10.6 Å². The molecule has 0 amide bonds. The Balaban J connectivity index is 2.92. The van der Waals surface area contributed by atoms with Gasteiger partial charge in [-0.1, -0.05) is 11.6 Å². The molecule has 1 aromatic rings. The highest BCUT2D eigenvalue weighted by molar-refractivity contribution is 9.10. The highest BCUT2D eigenvalue weighted by Gasteiger charge is 2.09. The molecule has 0 aromatic carbocycles. The van der Waals surface area contributed by atoms with Crippen LogP contribution in [0.5, 0.6) is 0 Å². The normalized spacial score (nSPS) is 10.3. The smallest absolute Gasteiger partial charge is 0.143 e. The lowest BCUT2D eigenvalue weighted by Crippen LogP contribution is -2.30. The zero-order chi connectivity index (χ0) is 10.6. The Hall–Kier alpha value is -0.320. The molecule has 0 spiro atoms. The molecule has 3 nitrogen and oxygen atoms in total. The number of hydrogen-bond acceptors (Lipinski definition) is 3. The van der Waals surface area contributed by atoms with Crippen molar-refractivity contribution in [2.24, 2.45) is 5.73 Å². The molecule has 5 heteroatoms. The number of hydrogen-bond donors (Lipinski definition) is 1. The summed E-state index contributed by atoms with van der Waals surface area (Å²) in [5.74, 6) is 0.891. The lowest BCUT2D eigenvalue weighted by atomic mass is 10.4. The number of anilines is 1. The number of nitrogens with zero attached hydrogens (tertiary/aromatic N) is 2. The number of rotatable bonds is 4. The molecule has 0 saturated heterocycles. The van der Waals surface area contributed by atoms with Gasteiger partial charge in [-0.3, -0.25) is 0 Å². The Labute approximate surface area is 97.4 Å². The van der Waals surface area contributed by atoms with E-state index in [4.69, 9.17) is 17.3 Å². The lowest BCUT2D eigenvalue weighted by molar-refractivity contribution is 0.799. The second-order valence-corrected chi connectivity index (χ2v) is 4.12. The van der Waals surface area contributed by atoms with Crippen molar-refractivity contribution < 1.29 is 0 Å². The van der Waals surface area contributed by atoms with E-state index in [1.807, 2.05) is 6.07 Å². The van der Waals surface area contributed by atoms with Gasteiger partial charge in [0, 0.05) is 25.8 Å². The van der Waals surface area contributed by atoms with Crippen LogP contribution in [0, 0.1) is 0 Å². The van der Waals surface area contributed by atoms with Gasteiger partial charge in [0.25, 0.3) is 0 Å². The van der Waals surface area contributed by atoms with Crippen molar-refractivity contribution in [2.45, 2.75) is 6.92 Å². The van der Waals surface area contributed by atoms with Crippen LogP contribution < -0.4 is 10.6 Å². The zero-order valence-corrected chi connectivity index (χ0v) is 10.3. The highest BCUT2D eigenvalue weighted by Crippen LogP contribution is 2.25. The summed E-state index contributed by atoms with van der Waals surface area (Å²) in [7, 11) is 0. The third kappa shape index (κ3) is 2.83. The van der Waals surface area contributed by atoms with Crippen LogP contribution in [0.15, 0.2) is 16.7 Å². The molecule has 78 valence electrons. The Kier molecular flexibility index (Phi) is 4.65. The van der Waals surface area contributed by atoms with Crippen molar-refractivity contribution in [1.29, 1.82) is 0 Å². The van der Waals surface area contributed by atoms with E-state index in [1.165, 1.54) is 0 Å². The molecule has 2 N–H and O–H groups in total. The van der Waals surface area contributed by atoms with Gasteiger partial charge in [-0.05, 0) is 28.9 Å². The second-order valence-electron chi connectivity index (χ2n) is 2.83. The molecule has 0 aliphatic rings. The van der Waals surface area contributed by atoms with E-state index in [1.54, 1.807) is 6.20 Å². The van der Waals surface area contributed by atoms with Crippen LogP contribution in [-0.2, 0) is 0 Å². The first-order valence-electron chi connectivity index (χ1n) is 4.45. The molecule has 0 fully saturated rings. The van der Waals surface area contributed by atoms with Crippen LogP contribution in [-0.4, -0.2) is 24.6 Å². The van der Waals surface area contributed by atoms with E-state index in [2.05, 4.69) is 32.7 Å². The molecule has 1 rings (SSSR count). The minimum atomic E-state index is 0.616. The summed E-state index contributed by atoms with van der Waals surface area (Å²) in [5.41, 5.74) is 5.51. The maximum absolute atomic E-state index is 5.81. The van der Waals surface area contributed by atoms with E-state index in [0.717, 1.165) is 23.4 Å². The van der Waals surface area contributed by atoms with Crippen LogP contribution in [0.25, 0.3) is 0 Å². The largest absolute Gasteiger partial charge is 0.355 e. The highest BCUT2D eigenvalue weighted by atomic mass is 79.9. The molecular weight excluding hydrogens is 265 g/mol. The van der Waals surface area contributed by atoms with E-state index in [0.29, 0.717) is 11.6 Å². The molecule has 0 unspecified atom stereocenters. The van der Waals surface area contributed by atoms with Gasteiger partial charge in [0.2, 0.25) is 0 Å². The van der Waals surface area contributed by atoms with Crippen LogP contribution in [0.1, 0.15) is 6.92 Å². The van der Waals surface area contributed by atoms with Gasteiger partial charge in [-0.2, -0.15) is 0 Å². The van der Waals surface area contributed by atoms with E-state index in [9.17, 15) is 0 Å². The standard InChI is InChI=1S/C9H13BrClN3/c1-2-14(4-3-12)9-8(10)5-7(11)6-13-9/h5-6H,2-4,12H2,1H3. The third-order valence-electron chi connectivity index (χ3n) is 1.87. The van der Waals surface area contributed by atoms with Crippen molar-refractivity contribution in [1.82, 2.24) is 4.98 Å². The van der Waals surface area contributed by atoms with Crippen molar-refractivity contribution in [3.8, 4) is 0 Å². The Morgan fingerprint density at radius 2 is 2.36 bits per heavy atom. The fourth-order valence-corrected chi connectivity index (χ4v) is 2.10. The van der Waals surface area contributed by atoms with Gasteiger partial charge in [-0.25, -0.2) is 4.98 Å². The van der Waals surface area contributed by atoms with Crippen LogP contribution >= 0.6 is 27.5 Å². The van der Waals surface area contributed by atoms with E-state index < -0.39 is 0 Å². The van der Waals surface area contributed by atoms with Crippen molar-refractivity contribution in [3.63, 3.8) is 0 Å². The van der Waals surface area contributed by atoms with E-state index >= 15 is 0 Å². The number of likely N-dealkylation sites (N-methyl/N-ethyl adjacent to an activating group) is 1. The van der Waals surface area contributed by atoms with E-state index in [-0.39, 0.29) is 0 Å². The monoisotopic (exact) mass is 277 g/mol.